The maximum absolute atomic E-state index is 6.22. The summed E-state index contributed by atoms with van der Waals surface area (Å²) < 4.78 is 6.19. The lowest BCUT2D eigenvalue weighted by Crippen LogP contribution is -2.51. The number of hydrogen-bond acceptors (Lipinski definition) is 3. The molecule has 20 heavy (non-hydrogen) atoms. The SMILES string of the molecule is CC1(C)NB(c2cc3ccccc3cc2N)OC1(C)C. The predicted octanol–water partition coefficient (Wildman–Crippen LogP) is 2.29. The molecule has 0 aromatic heterocycles. The second kappa shape index (κ2) is 4.24. The van der Waals surface area contributed by atoms with Crippen LogP contribution in [0.2, 0.25) is 0 Å². The molecule has 3 nitrogen and oxygen atoms in total. The third-order valence-electron chi connectivity index (χ3n) is 4.64. The number of nitrogens with two attached hydrogens (primary N) is 1. The number of rotatable bonds is 1. The van der Waals surface area contributed by atoms with Gasteiger partial charge in [0.15, 0.2) is 0 Å². The van der Waals surface area contributed by atoms with Crippen LogP contribution in [0.1, 0.15) is 27.7 Å². The minimum atomic E-state index is -0.240. The summed E-state index contributed by atoms with van der Waals surface area (Å²) in [5.41, 5.74) is 7.67. The lowest BCUT2D eigenvalue weighted by molar-refractivity contribution is 0.0750. The van der Waals surface area contributed by atoms with Gasteiger partial charge in [-0.15, -0.1) is 0 Å². The molecule has 3 rings (SSSR count). The van der Waals surface area contributed by atoms with Crippen LogP contribution in [0.25, 0.3) is 10.8 Å². The molecule has 1 aliphatic heterocycles. The monoisotopic (exact) mass is 268 g/mol. The Morgan fingerprint density at radius 2 is 1.65 bits per heavy atom. The van der Waals surface area contributed by atoms with E-state index in [0.29, 0.717) is 0 Å². The van der Waals surface area contributed by atoms with Crippen LogP contribution in [0.4, 0.5) is 5.69 Å². The summed E-state index contributed by atoms with van der Waals surface area (Å²) >= 11 is 0. The van der Waals surface area contributed by atoms with Crippen molar-refractivity contribution in [3.05, 3.63) is 36.4 Å². The minimum absolute atomic E-state index is 0.101. The molecule has 1 fully saturated rings. The van der Waals surface area contributed by atoms with Crippen LogP contribution in [-0.2, 0) is 4.65 Å². The average Bonchev–Trinajstić information content (AvgIpc) is 2.57. The van der Waals surface area contributed by atoms with Gasteiger partial charge in [-0.25, -0.2) is 0 Å². The number of hydrogen-bond donors (Lipinski definition) is 2. The quantitative estimate of drug-likeness (QED) is 0.616. The van der Waals surface area contributed by atoms with Crippen molar-refractivity contribution in [2.45, 2.75) is 38.8 Å². The first-order valence-electron chi connectivity index (χ1n) is 7.04. The van der Waals surface area contributed by atoms with E-state index in [4.69, 9.17) is 10.4 Å². The Kier molecular flexibility index (Phi) is 2.85. The van der Waals surface area contributed by atoms with Crippen molar-refractivity contribution in [2.24, 2.45) is 0 Å². The van der Waals surface area contributed by atoms with Crippen LogP contribution in [0.5, 0.6) is 0 Å². The van der Waals surface area contributed by atoms with Crippen LogP contribution in [0, 0.1) is 0 Å². The molecule has 0 bridgehead atoms. The van der Waals surface area contributed by atoms with E-state index in [1.165, 1.54) is 5.39 Å². The lowest BCUT2D eigenvalue weighted by atomic mass is 9.71. The molecule has 0 atom stereocenters. The zero-order chi connectivity index (χ0) is 14.5. The summed E-state index contributed by atoms with van der Waals surface area (Å²) in [5, 5.41) is 5.88. The smallest absolute Gasteiger partial charge is 0.411 e. The van der Waals surface area contributed by atoms with Gasteiger partial charge in [0.1, 0.15) is 0 Å². The van der Waals surface area contributed by atoms with Crippen molar-refractivity contribution >= 4 is 29.0 Å². The van der Waals surface area contributed by atoms with E-state index in [1.54, 1.807) is 0 Å². The summed E-state index contributed by atoms with van der Waals surface area (Å²) in [7, 11) is -0.162. The minimum Gasteiger partial charge on any atom is -0.411 e. The number of nitrogens with one attached hydrogen (secondary N) is 1. The van der Waals surface area contributed by atoms with Crippen molar-refractivity contribution in [3.63, 3.8) is 0 Å². The highest BCUT2D eigenvalue weighted by atomic mass is 16.5. The van der Waals surface area contributed by atoms with Gasteiger partial charge in [0, 0.05) is 11.2 Å². The summed E-state index contributed by atoms with van der Waals surface area (Å²) in [6.07, 6.45) is 0. The maximum atomic E-state index is 6.22. The van der Waals surface area contributed by atoms with E-state index in [9.17, 15) is 0 Å². The van der Waals surface area contributed by atoms with Crippen molar-refractivity contribution in [3.8, 4) is 0 Å². The number of fused-ring (bicyclic) bond motifs is 1. The fourth-order valence-corrected chi connectivity index (χ4v) is 2.62. The summed E-state index contributed by atoms with van der Waals surface area (Å²) in [5.74, 6) is 0. The van der Waals surface area contributed by atoms with E-state index >= 15 is 0 Å². The molecule has 2 aromatic carbocycles. The third kappa shape index (κ3) is 2.00. The van der Waals surface area contributed by atoms with Gasteiger partial charge in [-0.3, -0.25) is 0 Å². The summed E-state index contributed by atoms with van der Waals surface area (Å²) in [4.78, 5) is 0. The number of anilines is 1. The fraction of sp³-hybridized carbons (Fsp3) is 0.375. The second-order valence-corrected chi connectivity index (χ2v) is 6.61. The first-order chi connectivity index (χ1) is 9.30. The predicted molar refractivity (Wildman–Crippen MR) is 86.1 cm³/mol. The van der Waals surface area contributed by atoms with Gasteiger partial charge in [-0.2, -0.15) is 0 Å². The van der Waals surface area contributed by atoms with Crippen LogP contribution in [0.15, 0.2) is 36.4 Å². The molecule has 1 saturated heterocycles. The van der Waals surface area contributed by atoms with Gasteiger partial charge >= 0.3 is 7.05 Å². The van der Waals surface area contributed by atoms with Crippen molar-refractivity contribution in [1.82, 2.24) is 5.23 Å². The molecule has 0 amide bonds. The van der Waals surface area contributed by atoms with Gasteiger partial charge < -0.3 is 15.6 Å². The largest absolute Gasteiger partial charge is 0.418 e. The van der Waals surface area contributed by atoms with Crippen molar-refractivity contribution in [2.75, 3.05) is 5.73 Å². The Morgan fingerprint density at radius 3 is 2.20 bits per heavy atom. The summed E-state index contributed by atoms with van der Waals surface area (Å²) in [6.45, 7) is 8.53. The Bertz CT molecular complexity index is 651. The molecule has 2 aromatic rings. The van der Waals surface area contributed by atoms with Crippen LogP contribution in [-0.4, -0.2) is 18.2 Å². The molecular formula is C16H21BN2O. The van der Waals surface area contributed by atoms with E-state index in [-0.39, 0.29) is 18.2 Å². The third-order valence-corrected chi connectivity index (χ3v) is 4.64. The molecule has 0 radical (unpaired) electrons. The number of nitrogen functional groups attached to an aromatic ring is 1. The standard InChI is InChI=1S/C16H21BN2O/c1-15(2)16(3,4)20-17(19-15)13-9-11-7-5-6-8-12(11)10-14(13)18/h5-10,19H,18H2,1-4H3. The summed E-state index contributed by atoms with van der Waals surface area (Å²) in [6, 6.07) is 12.4. The average molecular weight is 268 g/mol. The van der Waals surface area contributed by atoms with E-state index < -0.39 is 0 Å². The Hall–Kier alpha value is -1.52. The highest BCUT2D eigenvalue weighted by Gasteiger charge is 2.50. The fourth-order valence-electron chi connectivity index (χ4n) is 2.62. The van der Waals surface area contributed by atoms with Gasteiger partial charge in [0.25, 0.3) is 0 Å². The van der Waals surface area contributed by atoms with Gasteiger partial charge in [0.2, 0.25) is 0 Å². The topological polar surface area (TPSA) is 47.3 Å². The molecule has 0 unspecified atom stereocenters. The molecule has 104 valence electrons. The van der Waals surface area contributed by atoms with Crippen LogP contribution in [0.3, 0.4) is 0 Å². The van der Waals surface area contributed by atoms with Crippen molar-refractivity contribution < 1.29 is 4.65 Å². The van der Waals surface area contributed by atoms with Gasteiger partial charge in [0.05, 0.1) is 5.60 Å². The molecule has 3 N–H and O–H groups in total. The maximum Gasteiger partial charge on any atom is 0.418 e. The van der Waals surface area contributed by atoms with E-state index in [2.05, 4.69) is 51.1 Å². The second-order valence-electron chi connectivity index (χ2n) is 6.61. The first-order valence-corrected chi connectivity index (χ1v) is 7.04. The Morgan fingerprint density at radius 1 is 1.05 bits per heavy atom. The molecule has 0 aliphatic carbocycles. The van der Waals surface area contributed by atoms with E-state index in [0.717, 1.165) is 16.5 Å². The highest BCUT2D eigenvalue weighted by molar-refractivity contribution is 6.67. The van der Waals surface area contributed by atoms with Gasteiger partial charge in [-0.1, -0.05) is 30.3 Å². The highest BCUT2D eigenvalue weighted by Crippen LogP contribution is 2.32. The molecule has 1 heterocycles. The number of benzene rings is 2. The normalized spacial score (nSPS) is 20.5. The molecule has 0 saturated carbocycles. The molecule has 4 heteroatoms. The molecule has 1 aliphatic rings. The van der Waals surface area contributed by atoms with E-state index in [1.807, 2.05) is 18.2 Å². The first kappa shape index (κ1) is 13.5. The zero-order valence-corrected chi connectivity index (χ0v) is 12.5. The van der Waals surface area contributed by atoms with Crippen LogP contribution < -0.4 is 16.4 Å². The van der Waals surface area contributed by atoms with Crippen molar-refractivity contribution in [1.29, 1.82) is 0 Å². The zero-order valence-electron chi connectivity index (χ0n) is 12.5. The lowest BCUT2D eigenvalue weighted by Gasteiger charge is -2.33. The molecular weight excluding hydrogens is 247 g/mol. The van der Waals surface area contributed by atoms with Crippen LogP contribution >= 0.6 is 0 Å². The Balaban J connectivity index is 2.05. The Labute approximate surface area is 120 Å². The molecule has 0 spiro atoms. The van der Waals surface area contributed by atoms with Gasteiger partial charge in [-0.05, 0) is 50.0 Å².